The van der Waals surface area contributed by atoms with Crippen molar-refractivity contribution < 1.29 is 14.5 Å². The van der Waals surface area contributed by atoms with E-state index < -0.39 is 4.92 Å². The van der Waals surface area contributed by atoms with E-state index in [0.29, 0.717) is 62.7 Å². The molecule has 0 saturated carbocycles. The maximum absolute atomic E-state index is 13.0. The molecular formula is C23H25ClN4O4. The van der Waals surface area contributed by atoms with E-state index in [1.54, 1.807) is 41.3 Å². The number of benzene rings is 2. The average molecular weight is 457 g/mol. The molecule has 4 rings (SSSR count). The highest BCUT2D eigenvalue weighted by Gasteiger charge is 2.32. The number of nitro benzene ring substituents is 1. The summed E-state index contributed by atoms with van der Waals surface area (Å²) in [6.45, 7) is 3.70. The van der Waals surface area contributed by atoms with Crippen molar-refractivity contribution in [2.24, 2.45) is 5.92 Å². The van der Waals surface area contributed by atoms with Crippen molar-refractivity contribution in [3.8, 4) is 0 Å². The lowest BCUT2D eigenvalue weighted by molar-refractivity contribution is -0.384. The summed E-state index contributed by atoms with van der Waals surface area (Å²) in [5.41, 5.74) is 1.50. The maximum Gasteiger partial charge on any atom is 0.269 e. The molecule has 2 saturated heterocycles. The Balaban J connectivity index is 1.27. The summed E-state index contributed by atoms with van der Waals surface area (Å²) in [7, 11) is 0. The van der Waals surface area contributed by atoms with Crippen LogP contribution in [0.2, 0.25) is 5.02 Å². The third-order valence-electron chi connectivity index (χ3n) is 6.25. The van der Waals surface area contributed by atoms with Crippen LogP contribution in [0.4, 0.5) is 11.4 Å². The number of halogens is 1. The molecule has 2 amide bonds. The molecule has 168 valence electrons. The number of likely N-dealkylation sites (tertiary alicyclic amines) is 1. The number of non-ortho nitro benzene ring substituents is 1. The van der Waals surface area contributed by atoms with Crippen molar-refractivity contribution in [1.82, 2.24) is 9.80 Å². The number of nitrogens with zero attached hydrogens (tertiary/aromatic N) is 4. The van der Waals surface area contributed by atoms with Crippen LogP contribution in [-0.4, -0.2) is 65.8 Å². The molecule has 0 spiro atoms. The molecular weight excluding hydrogens is 432 g/mol. The minimum atomic E-state index is -0.409. The second-order valence-electron chi connectivity index (χ2n) is 8.13. The number of nitro groups is 1. The van der Waals surface area contributed by atoms with Gasteiger partial charge in [-0.1, -0.05) is 23.7 Å². The van der Waals surface area contributed by atoms with Crippen LogP contribution in [0.25, 0.3) is 0 Å². The first kappa shape index (κ1) is 22.1. The van der Waals surface area contributed by atoms with Crippen molar-refractivity contribution in [2.45, 2.75) is 12.8 Å². The second-order valence-corrected chi connectivity index (χ2v) is 8.54. The van der Waals surface area contributed by atoms with Crippen molar-refractivity contribution in [2.75, 3.05) is 44.2 Å². The average Bonchev–Trinajstić information content (AvgIpc) is 2.84. The Morgan fingerprint density at radius 2 is 1.50 bits per heavy atom. The zero-order chi connectivity index (χ0) is 22.7. The van der Waals surface area contributed by atoms with Crippen LogP contribution in [0.1, 0.15) is 23.2 Å². The Kier molecular flexibility index (Phi) is 6.60. The highest BCUT2D eigenvalue weighted by Crippen LogP contribution is 2.25. The summed E-state index contributed by atoms with van der Waals surface area (Å²) in [6, 6.07) is 13.5. The molecule has 2 fully saturated rings. The van der Waals surface area contributed by atoms with Crippen LogP contribution in [0.15, 0.2) is 48.5 Å². The number of hydrogen-bond acceptors (Lipinski definition) is 5. The third kappa shape index (κ3) is 4.70. The molecule has 0 unspecified atom stereocenters. The van der Waals surface area contributed by atoms with Crippen molar-refractivity contribution in [3.63, 3.8) is 0 Å². The number of piperidine rings is 1. The van der Waals surface area contributed by atoms with Gasteiger partial charge in [-0.05, 0) is 37.1 Å². The minimum absolute atomic E-state index is 0.0712. The number of carbonyl (C=O) groups is 2. The normalized spacial score (nSPS) is 17.3. The first-order valence-electron chi connectivity index (χ1n) is 10.8. The number of carbonyl (C=O) groups excluding carboxylic acids is 2. The van der Waals surface area contributed by atoms with Gasteiger partial charge in [0.1, 0.15) is 0 Å². The van der Waals surface area contributed by atoms with Crippen LogP contribution in [0.3, 0.4) is 0 Å². The fraction of sp³-hybridized carbons (Fsp3) is 0.391. The molecule has 2 aromatic rings. The van der Waals surface area contributed by atoms with Gasteiger partial charge >= 0.3 is 0 Å². The van der Waals surface area contributed by atoms with Crippen LogP contribution in [-0.2, 0) is 4.79 Å². The number of anilines is 1. The molecule has 2 aromatic carbocycles. The fourth-order valence-electron chi connectivity index (χ4n) is 4.36. The summed E-state index contributed by atoms with van der Waals surface area (Å²) in [5.74, 6) is -0.00683. The lowest BCUT2D eigenvalue weighted by atomic mass is 9.94. The van der Waals surface area contributed by atoms with Crippen molar-refractivity contribution in [1.29, 1.82) is 0 Å². The van der Waals surface area contributed by atoms with Gasteiger partial charge in [-0.3, -0.25) is 19.7 Å². The van der Waals surface area contributed by atoms with Crippen LogP contribution in [0, 0.1) is 16.0 Å². The van der Waals surface area contributed by atoms with Crippen LogP contribution >= 0.6 is 11.6 Å². The van der Waals surface area contributed by atoms with E-state index in [0.717, 1.165) is 5.69 Å². The lowest BCUT2D eigenvalue weighted by Gasteiger charge is -2.39. The van der Waals surface area contributed by atoms with E-state index >= 15 is 0 Å². The molecule has 9 heteroatoms. The number of piperazine rings is 1. The highest BCUT2D eigenvalue weighted by molar-refractivity contribution is 6.33. The molecule has 2 aliphatic heterocycles. The highest BCUT2D eigenvalue weighted by atomic mass is 35.5. The smallest absolute Gasteiger partial charge is 0.269 e. The minimum Gasteiger partial charge on any atom is -0.368 e. The number of amides is 2. The van der Waals surface area contributed by atoms with Crippen molar-refractivity contribution in [3.05, 3.63) is 69.2 Å². The van der Waals surface area contributed by atoms with E-state index in [9.17, 15) is 19.7 Å². The molecule has 2 aliphatic rings. The van der Waals surface area contributed by atoms with E-state index in [1.807, 2.05) is 4.90 Å². The van der Waals surface area contributed by atoms with Gasteiger partial charge in [0.25, 0.3) is 11.6 Å². The Hall–Kier alpha value is -3.13. The van der Waals surface area contributed by atoms with Gasteiger partial charge in [-0.25, -0.2) is 0 Å². The first-order valence-corrected chi connectivity index (χ1v) is 11.1. The first-order chi connectivity index (χ1) is 15.4. The molecule has 0 N–H and O–H groups in total. The number of rotatable bonds is 4. The molecule has 0 atom stereocenters. The molecule has 0 aliphatic carbocycles. The van der Waals surface area contributed by atoms with Crippen LogP contribution in [0.5, 0.6) is 0 Å². The molecule has 0 aromatic heterocycles. The summed E-state index contributed by atoms with van der Waals surface area (Å²) < 4.78 is 0. The molecule has 2 heterocycles. The number of hydrogen-bond donors (Lipinski definition) is 0. The Bertz CT molecular complexity index is 997. The monoisotopic (exact) mass is 456 g/mol. The predicted octanol–water partition coefficient (Wildman–Crippen LogP) is 3.45. The van der Waals surface area contributed by atoms with E-state index in [4.69, 9.17) is 11.6 Å². The standard InChI is InChI=1S/C23H25ClN4O4/c24-21-4-2-1-3-20(21)23(30)26-11-9-17(10-12-26)22(29)27-15-13-25(14-16-27)18-5-7-19(8-6-18)28(31)32/h1-8,17H,9-16H2. The summed E-state index contributed by atoms with van der Waals surface area (Å²) in [4.78, 5) is 42.0. The molecule has 8 nitrogen and oxygen atoms in total. The fourth-order valence-corrected chi connectivity index (χ4v) is 4.58. The zero-order valence-corrected chi connectivity index (χ0v) is 18.4. The van der Waals surface area contributed by atoms with E-state index in [-0.39, 0.29) is 23.4 Å². The largest absolute Gasteiger partial charge is 0.368 e. The van der Waals surface area contributed by atoms with Gasteiger partial charge < -0.3 is 14.7 Å². The van der Waals surface area contributed by atoms with E-state index in [1.165, 1.54) is 12.1 Å². The van der Waals surface area contributed by atoms with Gasteiger partial charge in [0, 0.05) is 63.0 Å². The molecule has 32 heavy (non-hydrogen) atoms. The van der Waals surface area contributed by atoms with Crippen LogP contribution < -0.4 is 4.90 Å². The van der Waals surface area contributed by atoms with Gasteiger partial charge in [0.05, 0.1) is 15.5 Å². The van der Waals surface area contributed by atoms with Gasteiger partial charge in [-0.15, -0.1) is 0 Å². The van der Waals surface area contributed by atoms with E-state index in [2.05, 4.69) is 4.90 Å². The van der Waals surface area contributed by atoms with Gasteiger partial charge in [-0.2, -0.15) is 0 Å². The summed E-state index contributed by atoms with van der Waals surface area (Å²) in [5, 5.41) is 11.3. The molecule has 0 radical (unpaired) electrons. The Morgan fingerprint density at radius 3 is 2.09 bits per heavy atom. The predicted molar refractivity (Wildman–Crippen MR) is 122 cm³/mol. The van der Waals surface area contributed by atoms with Gasteiger partial charge in [0.15, 0.2) is 0 Å². The SMILES string of the molecule is O=C(c1ccccc1Cl)N1CCC(C(=O)N2CCN(c3ccc([N+](=O)[O-])cc3)CC2)CC1. The van der Waals surface area contributed by atoms with Crippen molar-refractivity contribution >= 4 is 34.8 Å². The molecule has 0 bridgehead atoms. The second kappa shape index (κ2) is 9.56. The summed E-state index contributed by atoms with van der Waals surface area (Å²) in [6.07, 6.45) is 1.30. The topological polar surface area (TPSA) is 87.0 Å². The third-order valence-corrected chi connectivity index (χ3v) is 6.58. The Morgan fingerprint density at radius 1 is 0.875 bits per heavy atom. The lowest BCUT2D eigenvalue weighted by Crippen LogP contribution is -2.52. The quantitative estimate of drug-likeness (QED) is 0.519. The maximum atomic E-state index is 13.0. The zero-order valence-electron chi connectivity index (χ0n) is 17.7. The Labute approximate surface area is 191 Å². The van der Waals surface area contributed by atoms with Gasteiger partial charge in [0.2, 0.25) is 5.91 Å². The summed E-state index contributed by atoms with van der Waals surface area (Å²) >= 11 is 6.15.